The molecule has 8 nitrogen and oxygen atoms in total. The van der Waals surface area contributed by atoms with Gasteiger partial charge in [-0.2, -0.15) is 0 Å². The third-order valence-corrected chi connectivity index (χ3v) is 5.24. The summed E-state index contributed by atoms with van der Waals surface area (Å²) in [5.41, 5.74) is 4.13. The minimum Gasteiger partial charge on any atom is -0.495 e. The topological polar surface area (TPSA) is 129 Å². The fourth-order valence-electron chi connectivity index (χ4n) is 2.06. The Morgan fingerprint density at radius 1 is 1.33 bits per heavy atom. The van der Waals surface area contributed by atoms with E-state index in [2.05, 4.69) is 0 Å². The van der Waals surface area contributed by atoms with Gasteiger partial charge in [0.1, 0.15) is 27.8 Å². The average Bonchev–Trinajstić information content (AvgIpc) is 2.51. The summed E-state index contributed by atoms with van der Waals surface area (Å²) in [7, 11) is -2.91. The second-order valence-corrected chi connectivity index (χ2v) is 7.04. The molecule has 0 spiro atoms. The minimum atomic E-state index is -4.20. The van der Waals surface area contributed by atoms with Gasteiger partial charge >= 0.3 is 5.97 Å². The van der Waals surface area contributed by atoms with Crippen molar-refractivity contribution in [1.82, 2.24) is 4.57 Å². The van der Waals surface area contributed by atoms with E-state index in [0.717, 1.165) is 16.8 Å². The number of anilines is 1. The van der Waals surface area contributed by atoms with Crippen LogP contribution in [0.5, 0.6) is 5.75 Å². The van der Waals surface area contributed by atoms with Crippen LogP contribution in [0.2, 0.25) is 5.02 Å². The number of pyridine rings is 1. The molecule has 0 aliphatic carbocycles. The number of benzene rings is 1. The lowest BCUT2D eigenvalue weighted by Crippen LogP contribution is -2.27. The van der Waals surface area contributed by atoms with Crippen molar-refractivity contribution in [3.05, 3.63) is 45.8 Å². The molecule has 0 unspecified atom stereocenters. The number of aliphatic carboxylic acids is 1. The normalized spacial score (nSPS) is 11.2. The van der Waals surface area contributed by atoms with Crippen molar-refractivity contribution in [2.24, 2.45) is 0 Å². The number of rotatable bonds is 5. The molecule has 10 heteroatoms. The molecule has 0 aliphatic rings. The van der Waals surface area contributed by atoms with E-state index in [9.17, 15) is 18.0 Å². The Morgan fingerprint density at radius 2 is 2.00 bits per heavy atom. The number of methoxy groups -OCH3 is 1. The molecule has 0 bridgehead atoms. The van der Waals surface area contributed by atoms with Gasteiger partial charge in [0.05, 0.1) is 7.11 Å². The molecule has 2 rings (SSSR count). The van der Waals surface area contributed by atoms with Gasteiger partial charge in [0, 0.05) is 11.2 Å². The van der Waals surface area contributed by atoms with Gasteiger partial charge in [0.25, 0.3) is 5.56 Å². The van der Waals surface area contributed by atoms with Crippen LogP contribution in [0, 0.1) is 0 Å². The molecule has 1 aromatic carbocycles. The molecule has 0 saturated carbocycles. The second-order valence-electron chi connectivity index (χ2n) is 4.72. The highest BCUT2D eigenvalue weighted by molar-refractivity contribution is 7.91. The van der Waals surface area contributed by atoms with E-state index < -0.39 is 38.5 Å². The number of carboxylic acids is 1. The van der Waals surface area contributed by atoms with E-state index in [1.807, 2.05) is 0 Å². The smallest absolute Gasteiger partial charge is 0.323 e. The van der Waals surface area contributed by atoms with E-state index >= 15 is 0 Å². The van der Waals surface area contributed by atoms with Crippen LogP contribution < -0.4 is 16.0 Å². The lowest BCUT2D eigenvalue weighted by atomic mass is 10.3. The molecule has 0 saturated heterocycles. The molecule has 24 heavy (non-hydrogen) atoms. The van der Waals surface area contributed by atoms with Crippen LogP contribution >= 0.6 is 11.6 Å². The Kier molecular flexibility index (Phi) is 4.86. The largest absolute Gasteiger partial charge is 0.495 e. The maximum atomic E-state index is 12.8. The number of hydrogen-bond acceptors (Lipinski definition) is 6. The van der Waals surface area contributed by atoms with Gasteiger partial charge < -0.3 is 20.1 Å². The van der Waals surface area contributed by atoms with Crippen molar-refractivity contribution in [1.29, 1.82) is 0 Å². The Morgan fingerprint density at radius 3 is 2.58 bits per heavy atom. The van der Waals surface area contributed by atoms with Gasteiger partial charge in [-0.15, -0.1) is 0 Å². The third kappa shape index (κ3) is 3.22. The highest BCUT2D eigenvalue weighted by Gasteiger charge is 2.26. The maximum Gasteiger partial charge on any atom is 0.323 e. The molecule has 0 atom stereocenters. The number of nitrogen functional groups attached to an aromatic ring is 1. The summed E-state index contributed by atoms with van der Waals surface area (Å²) in [6.45, 7) is -0.635. The van der Waals surface area contributed by atoms with Gasteiger partial charge in [-0.05, 0) is 24.3 Å². The zero-order chi connectivity index (χ0) is 18.1. The number of aromatic nitrogens is 1. The minimum absolute atomic E-state index is 0.0357. The van der Waals surface area contributed by atoms with Crippen LogP contribution in [0.25, 0.3) is 0 Å². The maximum absolute atomic E-state index is 12.8. The van der Waals surface area contributed by atoms with Crippen LogP contribution in [0.1, 0.15) is 0 Å². The Hall–Kier alpha value is -2.52. The molecule has 1 heterocycles. The fraction of sp³-hybridized carbons (Fsp3) is 0.143. The summed E-state index contributed by atoms with van der Waals surface area (Å²) >= 11 is 5.84. The first-order chi connectivity index (χ1) is 11.2. The number of hydrogen-bond donors (Lipinski definition) is 2. The van der Waals surface area contributed by atoms with Gasteiger partial charge in [-0.25, -0.2) is 8.42 Å². The highest BCUT2D eigenvalue weighted by atomic mass is 35.5. The molecule has 1 aromatic heterocycles. The summed E-state index contributed by atoms with van der Waals surface area (Å²) in [6, 6.07) is 5.07. The first-order valence-corrected chi connectivity index (χ1v) is 8.34. The monoisotopic (exact) mass is 372 g/mol. The molecule has 2 aromatic rings. The van der Waals surface area contributed by atoms with Crippen molar-refractivity contribution in [3.8, 4) is 5.75 Å². The van der Waals surface area contributed by atoms with Crippen LogP contribution in [-0.4, -0.2) is 31.2 Å². The van der Waals surface area contributed by atoms with Crippen LogP contribution in [0.4, 0.5) is 5.69 Å². The molecule has 128 valence electrons. The number of sulfone groups is 1. The van der Waals surface area contributed by atoms with E-state index in [1.165, 1.54) is 25.3 Å². The zero-order valence-electron chi connectivity index (χ0n) is 12.4. The number of halogens is 1. The SMILES string of the molecule is COc1ccc(Cl)cc1S(=O)(=O)c1ccn(CC(=O)O)c(=O)c1N. The lowest BCUT2D eigenvalue weighted by Gasteiger charge is -2.12. The van der Waals surface area contributed by atoms with Gasteiger partial charge in [-0.3, -0.25) is 9.59 Å². The lowest BCUT2D eigenvalue weighted by molar-refractivity contribution is -0.137. The molecular formula is C14H13ClN2O6S. The summed E-state index contributed by atoms with van der Waals surface area (Å²) in [5.74, 6) is -1.22. The van der Waals surface area contributed by atoms with Gasteiger partial charge in [0.2, 0.25) is 9.84 Å². The van der Waals surface area contributed by atoms with Gasteiger partial charge in [-0.1, -0.05) is 11.6 Å². The van der Waals surface area contributed by atoms with Crippen LogP contribution in [0.15, 0.2) is 45.0 Å². The van der Waals surface area contributed by atoms with Crippen molar-refractivity contribution >= 4 is 33.1 Å². The molecule has 0 amide bonds. The number of nitrogens with zero attached hydrogens (tertiary/aromatic N) is 1. The van der Waals surface area contributed by atoms with Gasteiger partial charge in [0.15, 0.2) is 0 Å². The fourth-order valence-corrected chi connectivity index (χ4v) is 3.85. The van der Waals surface area contributed by atoms with Crippen molar-refractivity contribution in [2.45, 2.75) is 16.3 Å². The number of carboxylic acid groups (broad SMARTS) is 1. The Balaban J connectivity index is 2.67. The standard InChI is InChI=1S/C14H13ClN2O6S/c1-23-9-3-2-8(15)6-11(9)24(21,22)10-4-5-17(7-12(18)19)14(20)13(10)16/h2-6H,7,16H2,1H3,(H,18,19). The number of nitrogens with two attached hydrogens (primary N) is 1. The van der Waals surface area contributed by atoms with Crippen molar-refractivity contribution in [3.63, 3.8) is 0 Å². The summed E-state index contributed by atoms with van der Waals surface area (Å²) in [6.07, 6.45) is 1.05. The summed E-state index contributed by atoms with van der Waals surface area (Å²) in [4.78, 5) is 22.1. The van der Waals surface area contributed by atoms with E-state index in [4.69, 9.17) is 27.2 Å². The first kappa shape index (κ1) is 17.8. The Labute approximate surface area is 142 Å². The molecule has 0 aliphatic heterocycles. The zero-order valence-corrected chi connectivity index (χ0v) is 14.0. The number of carbonyl (C=O) groups is 1. The third-order valence-electron chi connectivity index (χ3n) is 3.17. The first-order valence-electron chi connectivity index (χ1n) is 6.48. The number of ether oxygens (including phenoxy) is 1. The van der Waals surface area contributed by atoms with Crippen LogP contribution in [0.3, 0.4) is 0 Å². The molecular weight excluding hydrogens is 360 g/mol. The van der Waals surface area contributed by atoms with E-state index in [1.54, 1.807) is 0 Å². The van der Waals surface area contributed by atoms with E-state index in [-0.39, 0.29) is 15.7 Å². The summed E-state index contributed by atoms with van der Waals surface area (Å²) < 4.78 is 31.4. The van der Waals surface area contributed by atoms with Crippen molar-refractivity contribution < 1.29 is 23.1 Å². The quantitative estimate of drug-likeness (QED) is 0.801. The molecule has 0 radical (unpaired) electrons. The highest BCUT2D eigenvalue weighted by Crippen LogP contribution is 2.33. The van der Waals surface area contributed by atoms with E-state index in [0.29, 0.717) is 0 Å². The van der Waals surface area contributed by atoms with Crippen LogP contribution in [-0.2, 0) is 21.2 Å². The predicted molar refractivity (Wildman–Crippen MR) is 86.2 cm³/mol. The molecule has 3 N–H and O–H groups in total. The van der Waals surface area contributed by atoms with Crippen molar-refractivity contribution in [2.75, 3.05) is 12.8 Å². The molecule has 0 fully saturated rings. The average molecular weight is 373 g/mol. The predicted octanol–water partition coefficient (Wildman–Crippen LogP) is 1.01. The second kappa shape index (κ2) is 6.54. The Bertz CT molecular complexity index is 968. The summed E-state index contributed by atoms with van der Waals surface area (Å²) in [5, 5.41) is 8.90.